The van der Waals surface area contributed by atoms with Crippen molar-refractivity contribution in [3.05, 3.63) is 221 Å². The van der Waals surface area contributed by atoms with Crippen molar-refractivity contribution in [2.24, 2.45) is 0 Å². The number of halogens is 8. The van der Waals surface area contributed by atoms with Gasteiger partial charge in [-0.2, -0.15) is 17.6 Å². The van der Waals surface area contributed by atoms with Gasteiger partial charge in [-0.3, -0.25) is 0 Å². The highest BCUT2D eigenvalue weighted by molar-refractivity contribution is 6.10. The second-order valence-electron chi connectivity index (χ2n) is 28.1. The zero-order valence-electron chi connectivity index (χ0n) is 62.1. The van der Waals surface area contributed by atoms with E-state index >= 15 is 35.1 Å². The molecule has 1 aliphatic rings. The molecule has 1 aliphatic carbocycles. The van der Waals surface area contributed by atoms with Crippen LogP contribution in [0.25, 0.3) is 87.6 Å². The Balaban J connectivity index is 0.000000169. The van der Waals surface area contributed by atoms with Crippen molar-refractivity contribution in [2.75, 3.05) is 19.8 Å². The van der Waals surface area contributed by atoms with Crippen LogP contribution in [-0.4, -0.2) is 29.8 Å². The van der Waals surface area contributed by atoms with Crippen molar-refractivity contribution in [1.29, 1.82) is 0 Å². The minimum absolute atomic E-state index is 0.143. The van der Waals surface area contributed by atoms with E-state index < -0.39 is 46.2 Å². The average molecular weight is 1440 g/mol. The molecule has 2 heterocycles. The molecule has 0 bridgehead atoms. The van der Waals surface area contributed by atoms with Gasteiger partial charge in [0.05, 0.1) is 19.8 Å². The van der Waals surface area contributed by atoms with E-state index in [4.69, 9.17) is 14.2 Å². The van der Waals surface area contributed by atoms with E-state index in [1.54, 1.807) is 48.7 Å². The molecule has 5 nitrogen and oxygen atoms in total. The molecular formula is C92H102F8N2O3. The van der Waals surface area contributed by atoms with Gasteiger partial charge in [-0.05, 0) is 190 Å². The minimum atomic E-state index is -4.33. The van der Waals surface area contributed by atoms with Crippen LogP contribution >= 0.6 is 0 Å². The van der Waals surface area contributed by atoms with E-state index in [0.717, 1.165) is 164 Å². The van der Waals surface area contributed by atoms with Crippen LogP contribution in [0.5, 0.6) is 17.5 Å². The molecule has 12 rings (SSSR count). The zero-order valence-corrected chi connectivity index (χ0v) is 62.1. The van der Waals surface area contributed by atoms with E-state index in [9.17, 15) is 0 Å². The predicted molar refractivity (Wildman–Crippen MR) is 418 cm³/mol. The van der Waals surface area contributed by atoms with Gasteiger partial charge < -0.3 is 14.2 Å². The van der Waals surface area contributed by atoms with Crippen molar-refractivity contribution in [3.8, 4) is 62.0 Å². The highest BCUT2D eigenvalue weighted by atomic mass is 19.3. The van der Waals surface area contributed by atoms with Crippen molar-refractivity contribution < 1.29 is 49.3 Å². The molecule has 0 aliphatic heterocycles. The molecule has 0 saturated carbocycles. The highest BCUT2D eigenvalue weighted by Gasteiger charge is 2.62. The van der Waals surface area contributed by atoms with Gasteiger partial charge in [0.15, 0.2) is 23.3 Å². The molecular weight excluding hydrogens is 1330 g/mol. The Bertz CT molecular complexity index is 4610. The van der Waals surface area contributed by atoms with E-state index in [-0.39, 0.29) is 16.5 Å². The van der Waals surface area contributed by atoms with Gasteiger partial charge in [0.25, 0.3) is 0 Å². The zero-order chi connectivity index (χ0) is 74.3. The summed E-state index contributed by atoms with van der Waals surface area (Å²) in [5, 5.41) is 4.29. The number of aryl methyl sites for hydroxylation is 3. The van der Waals surface area contributed by atoms with E-state index in [1.807, 2.05) is 97.1 Å². The number of unbranched alkanes of at least 4 members (excludes halogenated alkanes) is 16. The van der Waals surface area contributed by atoms with Gasteiger partial charge in [0.1, 0.15) is 5.75 Å². The SMILES string of the molecule is CCCCCCCCCCOc1ccc(-c2ccc3c(c2)c(F)c(F)c2cc(CCCC)ccc23)cc1.CCCCCCc1ccc2c(c1)C(F)(F)C(F)(F)c1cc(-c3ccc(OCCCC)nc3)ccc1-2.CCCCCCc1ccc2c(c1)c(F)c(F)c1cc(-c3ccc(OCCCC)nc3)ccc12. The third-order valence-corrected chi connectivity index (χ3v) is 20.1. The lowest BCUT2D eigenvalue weighted by atomic mass is 9.78. The van der Waals surface area contributed by atoms with Crippen molar-refractivity contribution >= 4 is 43.1 Å². The van der Waals surface area contributed by atoms with E-state index in [1.165, 1.54) is 82.2 Å². The Kier molecular flexibility index (Phi) is 28.8. The molecule has 0 amide bonds. The maximum Gasteiger partial charge on any atom is 0.340 e. The fraction of sp³-hybridized carbons (Fsp3) is 0.391. The lowest BCUT2D eigenvalue weighted by Gasteiger charge is -2.35. The van der Waals surface area contributed by atoms with Gasteiger partial charge in [-0.15, -0.1) is 0 Å². The molecule has 0 radical (unpaired) electrons. The molecule has 0 unspecified atom stereocenters. The third-order valence-electron chi connectivity index (χ3n) is 20.1. The summed E-state index contributed by atoms with van der Waals surface area (Å²) in [6, 6.07) is 46.7. The normalized spacial score (nSPS) is 12.7. The first-order chi connectivity index (χ1) is 51.0. The number of pyridine rings is 2. The first kappa shape index (κ1) is 78.7. The van der Waals surface area contributed by atoms with Crippen molar-refractivity contribution in [2.45, 2.75) is 214 Å². The standard InChI is InChI=1S/C34H40F2O.C29H31F4NO.C29H31F2NO/c1-3-5-7-8-9-10-11-12-22-37-28-18-15-26(16-19-28)27-17-21-30-29-20-14-25(13-6-4-2)23-31(29)33(35)34(36)32(30)24-27;1-3-5-7-8-9-20-10-13-23-24-14-11-21(22-12-15-27(34-19-22)35-16-6-4-2)18-26(24)29(32,33)28(30,31)25(23)17-20;1-3-5-7-8-9-20-10-13-23-24-14-11-21(18-26(24)29(31)28(30)25(23)17-20)22-12-15-27(32-19-22)33-16-6-4-2/h14-21,23-24H,3-13,22H2,1-2H3;10-15,17-19H,3-9,16H2,1-2H3;10-15,17-19H,3-9,16H2,1-2H3. The Morgan fingerprint density at radius 2 is 0.610 bits per heavy atom. The number of alkyl halides is 4. The number of hydrogen-bond acceptors (Lipinski definition) is 5. The molecule has 9 aromatic carbocycles. The molecule has 0 saturated heterocycles. The van der Waals surface area contributed by atoms with Crippen LogP contribution in [0.4, 0.5) is 35.1 Å². The molecule has 0 fully saturated rings. The number of rotatable bonds is 34. The maximum atomic E-state index is 15.3. The summed E-state index contributed by atoms with van der Waals surface area (Å²) >= 11 is 0. The van der Waals surface area contributed by atoms with Crippen molar-refractivity contribution in [1.82, 2.24) is 9.97 Å². The number of ether oxygens (including phenoxy) is 3. The fourth-order valence-corrected chi connectivity index (χ4v) is 13.9. The quantitative estimate of drug-likeness (QED) is 0.0229. The molecule has 554 valence electrons. The first-order valence-electron chi connectivity index (χ1n) is 38.7. The first-order valence-corrected chi connectivity index (χ1v) is 38.7. The number of fused-ring (bicyclic) bond motifs is 9. The Hall–Kier alpha value is -8.84. The van der Waals surface area contributed by atoms with Crippen LogP contribution in [-0.2, 0) is 31.1 Å². The van der Waals surface area contributed by atoms with Crippen molar-refractivity contribution in [3.63, 3.8) is 0 Å². The molecule has 0 atom stereocenters. The van der Waals surface area contributed by atoms with Crippen LogP contribution in [0.1, 0.15) is 211 Å². The average Bonchev–Trinajstić information content (AvgIpc) is 0.697. The Morgan fingerprint density at radius 1 is 0.276 bits per heavy atom. The molecule has 13 heteroatoms. The number of nitrogens with zero attached hydrogens (tertiary/aromatic N) is 2. The summed E-state index contributed by atoms with van der Waals surface area (Å²) in [6.07, 6.45) is 30.4. The molecule has 2 aromatic heterocycles. The van der Waals surface area contributed by atoms with Gasteiger partial charge in [-0.1, -0.05) is 229 Å². The minimum Gasteiger partial charge on any atom is -0.494 e. The summed E-state index contributed by atoms with van der Waals surface area (Å²) in [4.78, 5) is 8.58. The molecule has 0 spiro atoms. The molecule has 11 aromatic rings. The van der Waals surface area contributed by atoms with Crippen LogP contribution in [0.2, 0.25) is 0 Å². The van der Waals surface area contributed by atoms with Crippen LogP contribution in [0, 0.1) is 23.3 Å². The number of benzene rings is 9. The Morgan fingerprint density at radius 3 is 1.07 bits per heavy atom. The van der Waals surface area contributed by atoms with Gasteiger partial charge in [0.2, 0.25) is 11.8 Å². The summed E-state index contributed by atoms with van der Waals surface area (Å²) in [5.74, 6) is -9.89. The third kappa shape index (κ3) is 19.6. The predicted octanol–water partition coefficient (Wildman–Crippen LogP) is 28.3. The molecule has 105 heavy (non-hydrogen) atoms. The topological polar surface area (TPSA) is 53.5 Å². The second kappa shape index (κ2) is 38.4. The fourth-order valence-electron chi connectivity index (χ4n) is 13.9. The lowest BCUT2D eigenvalue weighted by molar-refractivity contribution is -0.225. The van der Waals surface area contributed by atoms with E-state index in [0.29, 0.717) is 64.2 Å². The van der Waals surface area contributed by atoms with Crippen LogP contribution in [0.3, 0.4) is 0 Å². The second-order valence-corrected chi connectivity index (χ2v) is 28.1. The summed E-state index contributed by atoms with van der Waals surface area (Å²) < 4.78 is 139. The molecule has 0 N–H and O–H groups in total. The monoisotopic (exact) mass is 1430 g/mol. The smallest absolute Gasteiger partial charge is 0.340 e. The summed E-state index contributed by atoms with van der Waals surface area (Å²) in [5.41, 5.74) is 6.24. The number of aromatic nitrogens is 2. The Labute approximate surface area is 616 Å². The van der Waals surface area contributed by atoms with Gasteiger partial charge in [0, 0.05) is 68.3 Å². The maximum absolute atomic E-state index is 15.3. The van der Waals surface area contributed by atoms with Gasteiger partial charge >= 0.3 is 11.8 Å². The highest BCUT2D eigenvalue weighted by Crippen LogP contribution is 2.58. The number of hydrogen-bond donors (Lipinski definition) is 0. The lowest BCUT2D eigenvalue weighted by Crippen LogP contribution is -2.39. The largest absolute Gasteiger partial charge is 0.494 e. The van der Waals surface area contributed by atoms with Crippen LogP contribution < -0.4 is 14.2 Å². The van der Waals surface area contributed by atoms with Crippen LogP contribution in [0.15, 0.2) is 170 Å². The summed E-state index contributed by atoms with van der Waals surface area (Å²) in [6.45, 7) is 14.7. The van der Waals surface area contributed by atoms with Gasteiger partial charge in [-0.25, -0.2) is 27.5 Å². The summed E-state index contributed by atoms with van der Waals surface area (Å²) in [7, 11) is 0. The van der Waals surface area contributed by atoms with E-state index in [2.05, 4.69) is 51.5 Å².